The summed E-state index contributed by atoms with van der Waals surface area (Å²) >= 11 is 1.38. The zero-order valence-corrected chi connectivity index (χ0v) is 13.4. The lowest BCUT2D eigenvalue weighted by atomic mass is 10.3. The number of fused-ring (bicyclic) bond motifs is 1. The van der Waals surface area contributed by atoms with Gasteiger partial charge in [0.1, 0.15) is 6.20 Å². The molecule has 0 radical (unpaired) electrons. The zero-order valence-electron chi connectivity index (χ0n) is 12.6. The van der Waals surface area contributed by atoms with Crippen LogP contribution in [0, 0.1) is 16.0 Å². The minimum absolute atomic E-state index is 0.0169. The van der Waals surface area contributed by atoms with Gasteiger partial charge in [0.2, 0.25) is 11.7 Å². The van der Waals surface area contributed by atoms with Crippen LogP contribution in [0.2, 0.25) is 0 Å². The number of hydrogen-bond donors (Lipinski definition) is 0. The quantitative estimate of drug-likeness (QED) is 0.630. The highest BCUT2D eigenvalue weighted by molar-refractivity contribution is 7.15. The highest BCUT2D eigenvalue weighted by Crippen LogP contribution is 2.33. The largest absolute Gasteiger partial charge is 0.373 e. The molecule has 0 bridgehead atoms. The van der Waals surface area contributed by atoms with Gasteiger partial charge in [0, 0.05) is 37.5 Å². The third-order valence-electron chi connectivity index (χ3n) is 4.43. The van der Waals surface area contributed by atoms with Crippen LogP contribution in [0.25, 0.3) is 4.96 Å². The van der Waals surface area contributed by atoms with Crippen LogP contribution in [0.1, 0.15) is 19.3 Å². The Hall–Kier alpha value is -2.16. The first-order chi connectivity index (χ1) is 11.1. The number of nitro groups is 1. The van der Waals surface area contributed by atoms with Crippen molar-refractivity contribution in [3.63, 3.8) is 0 Å². The highest BCUT2D eigenvalue weighted by Gasteiger charge is 2.35. The topological polar surface area (TPSA) is 84.0 Å². The Bertz CT molecular complexity index is 766. The average Bonchev–Trinajstić information content (AvgIpc) is 3.23. The second-order valence-electron chi connectivity index (χ2n) is 6.01. The van der Waals surface area contributed by atoms with Gasteiger partial charge in [0.25, 0.3) is 4.96 Å². The standard InChI is InChI=1S/C14H17N5O3S/c20-13(10-2-3-10)17-5-1-4-16(6-7-17)11-12(19(21)22)18-8-9-23-14(18)15-11/h8-10H,1-7H2. The number of anilines is 1. The number of rotatable bonds is 3. The SMILES string of the molecule is O=C(C1CC1)N1CCCN(c2nc3sccn3c2[N+](=O)[O-])CC1. The van der Waals surface area contributed by atoms with Crippen molar-refractivity contribution in [2.24, 2.45) is 5.92 Å². The first-order valence-corrected chi connectivity index (χ1v) is 8.67. The molecule has 4 rings (SSSR count). The Balaban J connectivity index is 1.58. The van der Waals surface area contributed by atoms with Gasteiger partial charge in [-0.05, 0) is 24.2 Å². The van der Waals surface area contributed by atoms with Crippen LogP contribution in [-0.2, 0) is 4.79 Å². The number of aromatic nitrogens is 2. The molecule has 9 heteroatoms. The summed E-state index contributed by atoms with van der Waals surface area (Å²) in [6.45, 7) is 2.60. The monoisotopic (exact) mass is 335 g/mol. The van der Waals surface area contributed by atoms with Crippen LogP contribution < -0.4 is 4.90 Å². The lowest BCUT2D eigenvalue weighted by Crippen LogP contribution is -2.36. The summed E-state index contributed by atoms with van der Waals surface area (Å²) in [7, 11) is 0. The summed E-state index contributed by atoms with van der Waals surface area (Å²) in [5.41, 5.74) is 0. The molecule has 0 aromatic carbocycles. The number of nitrogens with zero attached hydrogens (tertiary/aromatic N) is 5. The summed E-state index contributed by atoms with van der Waals surface area (Å²) < 4.78 is 1.53. The number of hydrogen-bond acceptors (Lipinski definition) is 6. The van der Waals surface area contributed by atoms with Gasteiger partial charge in [0.15, 0.2) is 0 Å². The van der Waals surface area contributed by atoms with E-state index in [1.807, 2.05) is 9.80 Å². The van der Waals surface area contributed by atoms with Gasteiger partial charge in [-0.25, -0.2) is 0 Å². The van der Waals surface area contributed by atoms with Crippen LogP contribution in [-0.4, -0.2) is 51.3 Å². The maximum atomic E-state index is 12.2. The van der Waals surface area contributed by atoms with Crippen LogP contribution in [0.4, 0.5) is 11.6 Å². The van der Waals surface area contributed by atoms with Crippen LogP contribution in [0.3, 0.4) is 0 Å². The van der Waals surface area contributed by atoms with Crippen molar-refractivity contribution in [2.75, 3.05) is 31.1 Å². The molecule has 3 heterocycles. The molecular formula is C14H17N5O3S. The van der Waals surface area contributed by atoms with Gasteiger partial charge in [-0.15, -0.1) is 0 Å². The fraction of sp³-hybridized carbons (Fsp3) is 0.571. The second-order valence-corrected chi connectivity index (χ2v) is 6.88. The van der Waals surface area contributed by atoms with Crippen molar-refractivity contribution in [2.45, 2.75) is 19.3 Å². The molecule has 0 unspecified atom stereocenters. The predicted octanol–water partition coefficient (Wildman–Crippen LogP) is 1.75. The molecule has 1 aliphatic carbocycles. The van der Waals surface area contributed by atoms with Gasteiger partial charge in [-0.3, -0.25) is 4.79 Å². The minimum Gasteiger partial charge on any atom is -0.358 e. The van der Waals surface area contributed by atoms with Gasteiger partial charge in [-0.2, -0.15) is 9.38 Å². The fourth-order valence-electron chi connectivity index (χ4n) is 3.08. The van der Waals surface area contributed by atoms with Gasteiger partial charge in [0.05, 0.1) is 0 Å². The van der Waals surface area contributed by atoms with Gasteiger partial charge >= 0.3 is 5.82 Å². The Morgan fingerprint density at radius 3 is 2.87 bits per heavy atom. The molecule has 8 nitrogen and oxygen atoms in total. The molecule has 2 aromatic rings. The molecule has 1 amide bonds. The summed E-state index contributed by atoms with van der Waals surface area (Å²) in [6.07, 6.45) is 4.49. The van der Waals surface area contributed by atoms with E-state index in [4.69, 9.17) is 0 Å². The number of thiazole rings is 1. The van der Waals surface area contributed by atoms with E-state index in [0.717, 1.165) is 25.8 Å². The van der Waals surface area contributed by atoms with Crippen molar-refractivity contribution >= 4 is 33.8 Å². The first-order valence-electron chi connectivity index (χ1n) is 7.79. The molecule has 0 atom stereocenters. The molecular weight excluding hydrogens is 318 g/mol. The molecule has 1 saturated heterocycles. The Morgan fingerprint density at radius 1 is 1.30 bits per heavy atom. The lowest BCUT2D eigenvalue weighted by Gasteiger charge is -2.21. The third kappa shape index (κ3) is 2.54. The van der Waals surface area contributed by atoms with E-state index in [0.29, 0.717) is 30.4 Å². The number of carbonyl (C=O) groups is 1. The first kappa shape index (κ1) is 14.4. The Morgan fingerprint density at radius 2 is 2.13 bits per heavy atom. The van der Waals surface area contributed by atoms with E-state index >= 15 is 0 Å². The molecule has 122 valence electrons. The Kier molecular flexibility index (Phi) is 3.44. The summed E-state index contributed by atoms with van der Waals surface area (Å²) in [4.78, 5) is 32.2. The highest BCUT2D eigenvalue weighted by atomic mass is 32.1. The van der Waals surface area contributed by atoms with Crippen molar-refractivity contribution in [3.8, 4) is 0 Å². The molecule has 2 aromatic heterocycles. The minimum atomic E-state index is -0.375. The molecule has 2 fully saturated rings. The number of imidazole rings is 1. The molecule has 1 saturated carbocycles. The van der Waals surface area contributed by atoms with E-state index in [-0.39, 0.29) is 22.6 Å². The molecule has 23 heavy (non-hydrogen) atoms. The van der Waals surface area contributed by atoms with Crippen molar-refractivity contribution in [1.29, 1.82) is 0 Å². The molecule has 0 spiro atoms. The second kappa shape index (κ2) is 5.48. The van der Waals surface area contributed by atoms with E-state index < -0.39 is 0 Å². The normalized spacial score (nSPS) is 19.1. The van der Waals surface area contributed by atoms with Crippen LogP contribution >= 0.6 is 11.3 Å². The van der Waals surface area contributed by atoms with E-state index in [2.05, 4.69) is 4.98 Å². The lowest BCUT2D eigenvalue weighted by molar-refractivity contribution is -0.389. The fourth-order valence-corrected chi connectivity index (χ4v) is 3.79. The van der Waals surface area contributed by atoms with Crippen LogP contribution in [0.15, 0.2) is 11.6 Å². The Labute approximate surface area is 136 Å². The van der Waals surface area contributed by atoms with Crippen molar-refractivity contribution < 1.29 is 9.72 Å². The number of carbonyl (C=O) groups excluding carboxylic acids is 1. The van der Waals surface area contributed by atoms with Gasteiger partial charge in [-0.1, -0.05) is 11.3 Å². The smallest absolute Gasteiger partial charge is 0.358 e. The predicted molar refractivity (Wildman–Crippen MR) is 85.9 cm³/mol. The van der Waals surface area contributed by atoms with E-state index in [9.17, 15) is 14.9 Å². The molecule has 1 aliphatic heterocycles. The van der Waals surface area contributed by atoms with E-state index in [1.54, 1.807) is 11.6 Å². The summed E-state index contributed by atoms with van der Waals surface area (Å²) in [6, 6.07) is 0. The van der Waals surface area contributed by atoms with Crippen molar-refractivity contribution in [1.82, 2.24) is 14.3 Å². The zero-order chi connectivity index (χ0) is 16.0. The molecule has 2 aliphatic rings. The maximum absolute atomic E-state index is 12.2. The summed E-state index contributed by atoms with van der Waals surface area (Å²) in [5, 5.41) is 13.2. The van der Waals surface area contributed by atoms with Crippen LogP contribution in [0.5, 0.6) is 0 Å². The maximum Gasteiger partial charge on any atom is 0.373 e. The van der Waals surface area contributed by atoms with Crippen molar-refractivity contribution in [3.05, 3.63) is 21.7 Å². The molecule has 0 N–H and O–H groups in total. The third-order valence-corrected chi connectivity index (χ3v) is 5.18. The van der Waals surface area contributed by atoms with E-state index in [1.165, 1.54) is 15.7 Å². The number of amides is 1. The average molecular weight is 335 g/mol. The van der Waals surface area contributed by atoms with Gasteiger partial charge < -0.3 is 19.9 Å². The summed E-state index contributed by atoms with van der Waals surface area (Å²) in [5.74, 6) is 0.895.